The van der Waals surface area contributed by atoms with E-state index >= 15 is 0 Å². The highest BCUT2D eigenvalue weighted by Crippen LogP contribution is 2.25. The van der Waals surface area contributed by atoms with E-state index < -0.39 is 8.32 Å². The van der Waals surface area contributed by atoms with Crippen LogP contribution in [0.25, 0.3) is 0 Å². The fraction of sp³-hybridized carbons (Fsp3) is 0.455. The molecule has 0 atom stereocenters. The SMILES string of the molecule is Cc1cccc(C)c1O[Si](C)(C)C. The molecule has 1 rings (SSSR count). The van der Waals surface area contributed by atoms with Gasteiger partial charge in [0.1, 0.15) is 5.75 Å². The molecule has 0 radical (unpaired) electrons. The lowest BCUT2D eigenvalue weighted by atomic mass is 10.1. The third-order valence-electron chi connectivity index (χ3n) is 1.82. The van der Waals surface area contributed by atoms with Crippen LogP contribution >= 0.6 is 0 Å². The van der Waals surface area contributed by atoms with Crippen molar-refractivity contribution in [2.75, 3.05) is 0 Å². The molecule has 13 heavy (non-hydrogen) atoms. The lowest BCUT2D eigenvalue weighted by Crippen LogP contribution is -2.30. The molecule has 1 aromatic rings. The normalized spacial score (nSPS) is 11.5. The standard InChI is InChI=1S/C11H18OSi/c1-9-7-6-8-10(2)11(9)12-13(3,4)5/h6-8H,1-5H3. The summed E-state index contributed by atoms with van der Waals surface area (Å²) in [6.45, 7) is 10.8. The van der Waals surface area contributed by atoms with E-state index in [9.17, 15) is 0 Å². The minimum Gasteiger partial charge on any atom is -0.544 e. The predicted molar refractivity (Wildman–Crippen MR) is 59.9 cm³/mol. The van der Waals surface area contributed by atoms with Crippen LogP contribution in [0.2, 0.25) is 19.6 Å². The molecule has 0 aromatic heterocycles. The molecule has 0 fully saturated rings. The van der Waals surface area contributed by atoms with Gasteiger partial charge < -0.3 is 4.43 Å². The van der Waals surface area contributed by atoms with Gasteiger partial charge in [-0.2, -0.15) is 0 Å². The number of aryl methyl sites for hydroxylation is 2. The average Bonchev–Trinajstić information content (AvgIpc) is 1.95. The summed E-state index contributed by atoms with van der Waals surface area (Å²) in [7, 11) is -1.46. The summed E-state index contributed by atoms with van der Waals surface area (Å²) < 4.78 is 6.00. The van der Waals surface area contributed by atoms with Gasteiger partial charge in [0.25, 0.3) is 0 Å². The van der Waals surface area contributed by atoms with E-state index in [1.807, 2.05) is 0 Å². The van der Waals surface area contributed by atoms with Gasteiger partial charge in [-0.3, -0.25) is 0 Å². The van der Waals surface area contributed by atoms with Crippen molar-refractivity contribution in [1.82, 2.24) is 0 Å². The van der Waals surface area contributed by atoms with E-state index in [2.05, 4.69) is 51.7 Å². The second-order valence-corrected chi connectivity index (χ2v) is 8.86. The smallest absolute Gasteiger partial charge is 0.242 e. The van der Waals surface area contributed by atoms with Crippen LogP contribution < -0.4 is 4.43 Å². The van der Waals surface area contributed by atoms with E-state index in [-0.39, 0.29) is 0 Å². The largest absolute Gasteiger partial charge is 0.544 e. The molecule has 72 valence electrons. The molecular weight excluding hydrogens is 176 g/mol. The van der Waals surface area contributed by atoms with Crippen molar-refractivity contribution in [3.05, 3.63) is 29.3 Å². The Kier molecular flexibility index (Phi) is 2.81. The van der Waals surface area contributed by atoms with Crippen molar-refractivity contribution in [3.8, 4) is 5.75 Å². The highest BCUT2D eigenvalue weighted by atomic mass is 28.4. The Balaban J connectivity index is 3.00. The van der Waals surface area contributed by atoms with Crippen LogP contribution in [-0.2, 0) is 0 Å². The van der Waals surface area contributed by atoms with Crippen molar-refractivity contribution >= 4 is 8.32 Å². The zero-order chi connectivity index (χ0) is 10.1. The Labute approximate surface area is 81.9 Å². The molecule has 0 bridgehead atoms. The van der Waals surface area contributed by atoms with Gasteiger partial charge in [-0.15, -0.1) is 0 Å². The molecule has 0 heterocycles. The van der Waals surface area contributed by atoms with Gasteiger partial charge in [0.15, 0.2) is 0 Å². The van der Waals surface area contributed by atoms with E-state index in [0.29, 0.717) is 0 Å². The molecular formula is C11H18OSi. The first-order valence-corrected chi connectivity index (χ1v) is 8.06. The first-order chi connectivity index (χ1) is 5.90. The molecule has 0 aliphatic rings. The van der Waals surface area contributed by atoms with Crippen molar-refractivity contribution in [3.63, 3.8) is 0 Å². The molecule has 0 amide bonds. The molecule has 1 nitrogen and oxygen atoms in total. The maximum Gasteiger partial charge on any atom is 0.242 e. The fourth-order valence-corrected chi connectivity index (χ4v) is 2.20. The van der Waals surface area contributed by atoms with Crippen molar-refractivity contribution in [2.45, 2.75) is 33.5 Å². The summed E-state index contributed by atoms with van der Waals surface area (Å²) in [5, 5.41) is 0. The van der Waals surface area contributed by atoms with Crippen LogP contribution in [0.1, 0.15) is 11.1 Å². The first-order valence-electron chi connectivity index (χ1n) is 4.65. The van der Waals surface area contributed by atoms with Crippen LogP contribution in [0.4, 0.5) is 0 Å². The second kappa shape index (κ2) is 3.54. The second-order valence-electron chi connectivity index (χ2n) is 4.44. The van der Waals surface area contributed by atoms with E-state index in [1.54, 1.807) is 0 Å². The molecule has 0 aliphatic carbocycles. The third-order valence-corrected chi connectivity index (χ3v) is 2.63. The van der Waals surface area contributed by atoms with Crippen molar-refractivity contribution in [1.29, 1.82) is 0 Å². The van der Waals surface area contributed by atoms with Crippen LogP contribution in [-0.4, -0.2) is 8.32 Å². The van der Waals surface area contributed by atoms with Crippen LogP contribution in [0.3, 0.4) is 0 Å². The zero-order valence-corrected chi connectivity index (χ0v) is 10.1. The Morgan fingerprint density at radius 2 is 1.46 bits per heavy atom. The van der Waals surface area contributed by atoms with E-state index in [0.717, 1.165) is 5.75 Å². The number of rotatable bonds is 2. The molecule has 0 saturated heterocycles. The van der Waals surface area contributed by atoms with Crippen molar-refractivity contribution < 1.29 is 4.43 Å². The Morgan fingerprint density at radius 1 is 1.00 bits per heavy atom. The minimum atomic E-state index is -1.46. The Hall–Kier alpha value is -0.763. The lowest BCUT2D eigenvalue weighted by molar-refractivity contribution is 0.548. The van der Waals surface area contributed by atoms with Crippen molar-refractivity contribution in [2.24, 2.45) is 0 Å². The molecule has 0 spiro atoms. The molecule has 0 saturated carbocycles. The molecule has 0 aliphatic heterocycles. The molecule has 0 unspecified atom stereocenters. The topological polar surface area (TPSA) is 9.23 Å². The number of para-hydroxylation sites is 1. The van der Waals surface area contributed by atoms with Gasteiger partial charge >= 0.3 is 0 Å². The van der Waals surface area contributed by atoms with E-state index in [1.165, 1.54) is 11.1 Å². The zero-order valence-electron chi connectivity index (χ0n) is 9.14. The molecule has 1 aromatic carbocycles. The van der Waals surface area contributed by atoms with Gasteiger partial charge in [0.05, 0.1) is 0 Å². The molecule has 0 N–H and O–H groups in total. The summed E-state index contributed by atoms with van der Waals surface area (Å²) in [6.07, 6.45) is 0. The summed E-state index contributed by atoms with van der Waals surface area (Å²) >= 11 is 0. The summed E-state index contributed by atoms with van der Waals surface area (Å²) in [4.78, 5) is 0. The maximum absolute atomic E-state index is 6.00. The van der Waals surface area contributed by atoms with Gasteiger partial charge in [0, 0.05) is 0 Å². The minimum absolute atomic E-state index is 1.08. The highest BCUT2D eigenvalue weighted by Gasteiger charge is 2.18. The number of hydrogen-bond acceptors (Lipinski definition) is 1. The van der Waals surface area contributed by atoms with Crippen LogP contribution in [0.15, 0.2) is 18.2 Å². The Morgan fingerprint density at radius 3 is 1.85 bits per heavy atom. The van der Waals surface area contributed by atoms with E-state index in [4.69, 9.17) is 4.43 Å². The number of benzene rings is 1. The summed E-state index contributed by atoms with van der Waals surface area (Å²) in [5.41, 5.74) is 2.48. The number of hydrogen-bond donors (Lipinski definition) is 0. The molecule has 2 heteroatoms. The van der Waals surface area contributed by atoms with Gasteiger partial charge in [-0.25, -0.2) is 0 Å². The van der Waals surface area contributed by atoms with Crippen LogP contribution in [0, 0.1) is 13.8 Å². The van der Waals surface area contributed by atoms with Gasteiger partial charge in [-0.1, -0.05) is 18.2 Å². The monoisotopic (exact) mass is 194 g/mol. The fourth-order valence-electron chi connectivity index (χ4n) is 1.27. The highest BCUT2D eigenvalue weighted by molar-refractivity contribution is 6.70. The summed E-state index contributed by atoms with van der Waals surface area (Å²) in [6, 6.07) is 6.27. The van der Waals surface area contributed by atoms with Crippen LogP contribution in [0.5, 0.6) is 5.75 Å². The summed E-state index contributed by atoms with van der Waals surface area (Å²) in [5.74, 6) is 1.08. The van der Waals surface area contributed by atoms with Gasteiger partial charge in [0.2, 0.25) is 8.32 Å². The van der Waals surface area contributed by atoms with Gasteiger partial charge in [-0.05, 0) is 44.6 Å². The maximum atomic E-state index is 6.00. The third kappa shape index (κ3) is 2.88. The first kappa shape index (κ1) is 10.3. The Bertz CT molecular complexity index is 279. The quantitative estimate of drug-likeness (QED) is 0.655. The average molecular weight is 194 g/mol. The lowest BCUT2D eigenvalue weighted by Gasteiger charge is -2.22. The predicted octanol–water partition coefficient (Wildman–Crippen LogP) is 3.52.